The Bertz CT molecular complexity index is 881. The molecule has 0 fully saturated rings. The number of methoxy groups -OCH3 is 1. The Morgan fingerprint density at radius 1 is 1.16 bits per heavy atom. The molecule has 0 saturated carbocycles. The number of hydrogen-bond donors (Lipinski definition) is 1. The van der Waals surface area contributed by atoms with Crippen LogP contribution < -0.4 is 10.5 Å². The van der Waals surface area contributed by atoms with Crippen molar-refractivity contribution in [3.63, 3.8) is 0 Å². The maximum Gasteiger partial charge on any atom is 0.137 e. The van der Waals surface area contributed by atoms with Crippen molar-refractivity contribution in [1.29, 1.82) is 0 Å². The molecule has 5 nitrogen and oxygen atoms in total. The number of nitrogens with zero attached hydrogens (tertiary/aromatic N) is 3. The monoisotopic (exact) mass is 338 g/mol. The molecule has 0 aliphatic rings. The minimum absolute atomic E-state index is 0.739. The summed E-state index contributed by atoms with van der Waals surface area (Å²) in [6.07, 6.45) is 1.96. The molecule has 2 heterocycles. The fourth-order valence-electron chi connectivity index (χ4n) is 3.18. The lowest BCUT2D eigenvalue weighted by molar-refractivity contribution is 0.292. The van der Waals surface area contributed by atoms with Crippen LogP contribution in [0, 0.1) is 6.92 Å². The molecule has 3 aromatic rings. The van der Waals surface area contributed by atoms with Crippen molar-refractivity contribution in [3.8, 4) is 17.0 Å². The van der Waals surface area contributed by atoms with Gasteiger partial charge in [0, 0.05) is 24.0 Å². The standard InChI is InChI=1S/C20H26N4O/c1-5-23(6-2)13-17-20(15-7-9-18(25-4)14(3)11-15)22-19-10-8-16(21)12-24(17)19/h7-12H,5-6,13,21H2,1-4H3. The number of aromatic nitrogens is 2. The van der Waals surface area contributed by atoms with Crippen LogP contribution in [0.25, 0.3) is 16.9 Å². The lowest BCUT2D eigenvalue weighted by Gasteiger charge is -2.19. The number of fused-ring (bicyclic) bond motifs is 1. The van der Waals surface area contributed by atoms with Crippen LogP contribution in [-0.2, 0) is 6.54 Å². The zero-order valence-corrected chi connectivity index (χ0v) is 15.4. The van der Waals surface area contributed by atoms with Crippen LogP contribution in [0.5, 0.6) is 5.75 Å². The maximum absolute atomic E-state index is 6.02. The van der Waals surface area contributed by atoms with Crippen LogP contribution in [0.15, 0.2) is 36.5 Å². The van der Waals surface area contributed by atoms with Crippen LogP contribution in [0.3, 0.4) is 0 Å². The largest absolute Gasteiger partial charge is 0.496 e. The fraction of sp³-hybridized carbons (Fsp3) is 0.350. The number of aryl methyl sites for hydroxylation is 1. The van der Waals surface area contributed by atoms with E-state index in [1.807, 2.05) is 24.4 Å². The van der Waals surface area contributed by atoms with Gasteiger partial charge in [-0.25, -0.2) is 4.98 Å². The summed E-state index contributed by atoms with van der Waals surface area (Å²) in [4.78, 5) is 7.26. The highest BCUT2D eigenvalue weighted by molar-refractivity contribution is 5.69. The zero-order valence-electron chi connectivity index (χ0n) is 15.4. The normalized spacial score (nSPS) is 11.4. The third-order valence-electron chi connectivity index (χ3n) is 4.68. The van der Waals surface area contributed by atoms with Crippen molar-refractivity contribution < 1.29 is 4.74 Å². The van der Waals surface area contributed by atoms with Gasteiger partial charge in [-0.05, 0) is 55.9 Å². The van der Waals surface area contributed by atoms with Crippen molar-refractivity contribution in [2.75, 3.05) is 25.9 Å². The van der Waals surface area contributed by atoms with E-state index >= 15 is 0 Å². The molecule has 0 saturated heterocycles. The van der Waals surface area contributed by atoms with Gasteiger partial charge in [-0.3, -0.25) is 4.90 Å². The number of ether oxygens (including phenoxy) is 1. The van der Waals surface area contributed by atoms with Crippen molar-refractivity contribution in [2.24, 2.45) is 0 Å². The van der Waals surface area contributed by atoms with E-state index in [0.717, 1.165) is 59.2 Å². The molecule has 5 heteroatoms. The first kappa shape index (κ1) is 17.3. The Labute approximate surface area is 149 Å². The summed E-state index contributed by atoms with van der Waals surface area (Å²) < 4.78 is 7.50. The first-order valence-electron chi connectivity index (χ1n) is 8.71. The predicted octanol–water partition coefficient (Wildman–Crippen LogP) is 3.74. The highest BCUT2D eigenvalue weighted by Crippen LogP contribution is 2.30. The van der Waals surface area contributed by atoms with Gasteiger partial charge in [0.2, 0.25) is 0 Å². The Morgan fingerprint density at radius 3 is 2.56 bits per heavy atom. The second-order valence-electron chi connectivity index (χ2n) is 6.24. The smallest absolute Gasteiger partial charge is 0.137 e. The number of imidazole rings is 1. The second kappa shape index (κ2) is 7.15. The molecule has 3 rings (SSSR count). The third-order valence-corrected chi connectivity index (χ3v) is 4.68. The zero-order chi connectivity index (χ0) is 18.0. The Balaban J connectivity index is 2.17. The van der Waals surface area contributed by atoms with E-state index in [-0.39, 0.29) is 0 Å². The van der Waals surface area contributed by atoms with Crippen molar-refractivity contribution >= 4 is 11.3 Å². The molecule has 2 N–H and O–H groups in total. The molecule has 2 aromatic heterocycles. The fourth-order valence-corrected chi connectivity index (χ4v) is 3.18. The van der Waals surface area contributed by atoms with Crippen LogP contribution in [0.4, 0.5) is 5.69 Å². The molecule has 0 unspecified atom stereocenters. The molecule has 0 atom stereocenters. The minimum Gasteiger partial charge on any atom is -0.496 e. The van der Waals surface area contributed by atoms with Crippen LogP contribution >= 0.6 is 0 Å². The predicted molar refractivity (Wildman–Crippen MR) is 103 cm³/mol. The van der Waals surface area contributed by atoms with Gasteiger partial charge in [0.1, 0.15) is 11.4 Å². The summed E-state index contributed by atoms with van der Waals surface area (Å²) in [7, 11) is 1.70. The van der Waals surface area contributed by atoms with E-state index in [9.17, 15) is 0 Å². The maximum atomic E-state index is 6.02. The number of nitrogen functional groups attached to an aromatic ring is 1. The van der Waals surface area contributed by atoms with E-state index in [0.29, 0.717) is 0 Å². The summed E-state index contributed by atoms with van der Waals surface area (Å²) in [6, 6.07) is 10.1. The summed E-state index contributed by atoms with van der Waals surface area (Å²) in [6.45, 7) is 9.23. The molecule has 0 aliphatic heterocycles. The molecule has 0 amide bonds. The van der Waals surface area contributed by atoms with Crippen LogP contribution in [0.1, 0.15) is 25.1 Å². The lowest BCUT2D eigenvalue weighted by Crippen LogP contribution is -2.23. The van der Waals surface area contributed by atoms with E-state index < -0.39 is 0 Å². The van der Waals surface area contributed by atoms with Gasteiger partial charge in [0.15, 0.2) is 0 Å². The highest BCUT2D eigenvalue weighted by atomic mass is 16.5. The first-order valence-corrected chi connectivity index (χ1v) is 8.71. The quantitative estimate of drug-likeness (QED) is 0.744. The summed E-state index contributed by atoms with van der Waals surface area (Å²) in [5, 5.41) is 0. The van der Waals surface area contributed by atoms with E-state index in [4.69, 9.17) is 15.5 Å². The average molecular weight is 338 g/mol. The Hall–Kier alpha value is -2.53. The van der Waals surface area contributed by atoms with E-state index in [2.05, 4.69) is 42.2 Å². The summed E-state index contributed by atoms with van der Waals surface area (Å²) >= 11 is 0. The van der Waals surface area contributed by atoms with Crippen LogP contribution in [0.2, 0.25) is 0 Å². The molecule has 25 heavy (non-hydrogen) atoms. The summed E-state index contributed by atoms with van der Waals surface area (Å²) in [5.74, 6) is 0.891. The van der Waals surface area contributed by atoms with Gasteiger partial charge in [0.05, 0.1) is 18.5 Å². The minimum atomic E-state index is 0.739. The Kier molecular flexibility index (Phi) is 4.95. The number of hydrogen-bond acceptors (Lipinski definition) is 4. The molecule has 0 radical (unpaired) electrons. The van der Waals surface area contributed by atoms with E-state index in [1.165, 1.54) is 0 Å². The number of pyridine rings is 1. The molecular formula is C20H26N4O. The Morgan fingerprint density at radius 2 is 1.92 bits per heavy atom. The van der Waals surface area contributed by atoms with Gasteiger partial charge in [-0.15, -0.1) is 0 Å². The number of rotatable bonds is 6. The molecule has 0 spiro atoms. The first-order chi connectivity index (χ1) is 12.1. The number of anilines is 1. The molecular weight excluding hydrogens is 312 g/mol. The van der Waals surface area contributed by atoms with Crippen molar-refractivity contribution in [1.82, 2.24) is 14.3 Å². The van der Waals surface area contributed by atoms with Gasteiger partial charge in [-0.2, -0.15) is 0 Å². The van der Waals surface area contributed by atoms with Crippen LogP contribution in [-0.4, -0.2) is 34.5 Å². The topological polar surface area (TPSA) is 55.8 Å². The lowest BCUT2D eigenvalue weighted by atomic mass is 10.1. The van der Waals surface area contributed by atoms with Gasteiger partial charge in [-0.1, -0.05) is 13.8 Å². The SMILES string of the molecule is CCN(CC)Cc1c(-c2ccc(OC)c(C)c2)nc2ccc(N)cn12. The van der Waals surface area contributed by atoms with Gasteiger partial charge >= 0.3 is 0 Å². The number of nitrogens with two attached hydrogens (primary N) is 1. The van der Waals surface area contributed by atoms with Crippen molar-refractivity contribution in [3.05, 3.63) is 47.8 Å². The van der Waals surface area contributed by atoms with E-state index in [1.54, 1.807) is 7.11 Å². The molecule has 0 aliphatic carbocycles. The van der Waals surface area contributed by atoms with Gasteiger partial charge < -0.3 is 14.9 Å². The average Bonchev–Trinajstić information content (AvgIpc) is 2.97. The van der Waals surface area contributed by atoms with Crippen molar-refractivity contribution in [2.45, 2.75) is 27.3 Å². The highest BCUT2D eigenvalue weighted by Gasteiger charge is 2.17. The third kappa shape index (κ3) is 3.33. The molecule has 132 valence electrons. The molecule has 0 bridgehead atoms. The molecule has 1 aromatic carbocycles. The van der Waals surface area contributed by atoms with Gasteiger partial charge in [0.25, 0.3) is 0 Å². The summed E-state index contributed by atoms with van der Waals surface area (Å²) in [5.41, 5.74) is 12.0. The second-order valence-corrected chi connectivity index (χ2v) is 6.24. The number of benzene rings is 1.